The first-order valence-corrected chi connectivity index (χ1v) is 4.38. The molecule has 2 aromatic heterocycles. The van der Waals surface area contributed by atoms with Crippen LogP contribution in [0.2, 0.25) is 0 Å². The molecule has 15 heavy (non-hydrogen) atoms. The van der Waals surface area contributed by atoms with E-state index in [0.29, 0.717) is 0 Å². The number of imidazole rings is 1. The molecule has 0 atom stereocenters. The van der Waals surface area contributed by atoms with Gasteiger partial charge in [0.15, 0.2) is 11.5 Å². The molecule has 6 heteroatoms. The lowest BCUT2D eigenvalue weighted by Crippen LogP contribution is -2.08. The summed E-state index contributed by atoms with van der Waals surface area (Å²) in [6.07, 6.45) is 3.48. The van der Waals surface area contributed by atoms with Gasteiger partial charge in [0.05, 0.1) is 25.2 Å². The lowest BCUT2D eigenvalue weighted by atomic mass is 10.5. The molecule has 0 amide bonds. The molecule has 2 rings (SSSR count). The van der Waals surface area contributed by atoms with E-state index in [1.165, 1.54) is 10.6 Å². The Labute approximate surface area is 84.5 Å². The van der Waals surface area contributed by atoms with Crippen LogP contribution in [0, 0.1) is 5.82 Å². The topological polar surface area (TPSA) is 56.5 Å². The Kier molecular flexibility index (Phi) is 2.32. The largest absolute Gasteiger partial charge is 0.461 e. The first kappa shape index (κ1) is 9.57. The van der Waals surface area contributed by atoms with Gasteiger partial charge in [0, 0.05) is 0 Å². The van der Waals surface area contributed by atoms with E-state index in [4.69, 9.17) is 4.74 Å². The molecule has 0 spiro atoms. The van der Waals surface area contributed by atoms with E-state index in [2.05, 4.69) is 9.97 Å². The van der Waals surface area contributed by atoms with Crippen LogP contribution >= 0.6 is 0 Å². The van der Waals surface area contributed by atoms with E-state index >= 15 is 0 Å². The van der Waals surface area contributed by atoms with Crippen molar-refractivity contribution in [2.75, 3.05) is 6.61 Å². The Morgan fingerprint density at radius 1 is 1.53 bits per heavy atom. The van der Waals surface area contributed by atoms with Crippen molar-refractivity contribution in [2.24, 2.45) is 0 Å². The van der Waals surface area contributed by atoms with Crippen LogP contribution < -0.4 is 0 Å². The number of nitrogens with zero attached hydrogens (tertiary/aromatic N) is 3. The Bertz CT molecular complexity index is 509. The van der Waals surface area contributed by atoms with Gasteiger partial charge < -0.3 is 4.74 Å². The third kappa shape index (κ3) is 1.65. The molecule has 78 valence electrons. The van der Waals surface area contributed by atoms with Crippen molar-refractivity contribution in [3.63, 3.8) is 0 Å². The van der Waals surface area contributed by atoms with Crippen LogP contribution in [0.3, 0.4) is 0 Å². The minimum Gasteiger partial charge on any atom is -0.461 e. The molecule has 2 heterocycles. The second-order valence-electron chi connectivity index (χ2n) is 2.81. The molecule has 0 aromatic carbocycles. The molecule has 0 N–H and O–H groups in total. The number of ether oxygens (including phenoxy) is 1. The highest BCUT2D eigenvalue weighted by molar-refractivity contribution is 5.88. The van der Waals surface area contributed by atoms with Crippen molar-refractivity contribution in [1.82, 2.24) is 14.4 Å². The molecule has 0 bridgehead atoms. The van der Waals surface area contributed by atoms with E-state index in [0.717, 1.165) is 12.4 Å². The van der Waals surface area contributed by atoms with Gasteiger partial charge in [-0.05, 0) is 6.92 Å². The molecule has 0 saturated heterocycles. The molecule has 0 unspecified atom stereocenters. The quantitative estimate of drug-likeness (QED) is 0.693. The van der Waals surface area contributed by atoms with Crippen molar-refractivity contribution >= 4 is 11.7 Å². The second-order valence-corrected chi connectivity index (χ2v) is 2.81. The van der Waals surface area contributed by atoms with Gasteiger partial charge in [-0.1, -0.05) is 0 Å². The van der Waals surface area contributed by atoms with Crippen molar-refractivity contribution in [3.8, 4) is 0 Å². The average Bonchev–Trinajstić information content (AvgIpc) is 2.60. The second kappa shape index (κ2) is 3.64. The number of hydrogen-bond donors (Lipinski definition) is 0. The highest BCUT2D eigenvalue weighted by Crippen LogP contribution is 2.06. The minimum absolute atomic E-state index is 0.166. The normalized spacial score (nSPS) is 10.5. The summed E-state index contributed by atoms with van der Waals surface area (Å²) in [5.74, 6) is -0.817. The zero-order valence-corrected chi connectivity index (χ0v) is 7.98. The average molecular weight is 209 g/mol. The number of aromatic nitrogens is 3. The minimum atomic E-state index is -0.544. The van der Waals surface area contributed by atoms with E-state index in [1.807, 2.05) is 0 Å². The number of esters is 1. The number of carbonyl (C=O) groups excluding carboxylic acids is 1. The summed E-state index contributed by atoms with van der Waals surface area (Å²) in [7, 11) is 0. The van der Waals surface area contributed by atoms with Crippen molar-refractivity contribution < 1.29 is 13.9 Å². The van der Waals surface area contributed by atoms with Gasteiger partial charge >= 0.3 is 5.97 Å². The van der Waals surface area contributed by atoms with Gasteiger partial charge in [0.2, 0.25) is 5.78 Å². The molecule has 5 nitrogen and oxygen atoms in total. The highest BCUT2D eigenvalue weighted by Gasteiger charge is 2.13. The van der Waals surface area contributed by atoms with Crippen molar-refractivity contribution in [2.45, 2.75) is 6.92 Å². The van der Waals surface area contributed by atoms with Gasteiger partial charge in [0.1, 0.15) is 0 Å². The number of rotatable bonds is 2. The summed E-state index contributed by atoms with van der Waals surface area (Å²) in [6, 6.07) is 0. The maximum atomic E-state index is 12.9. The monoisotopic (exact) mass is 209 g/mol. The van der Waals surface area contributed by atoms with Gasteiger partial charge in [-0.15, -0.1) is 0 Å². The highest BCUT2D eigenvalue weighted by atomic mass is 19.1. The fourth-order valence-corrected chi connectivity index (χ4v) is 1.21. The molecule has 2 aromatic rings. The third-order valence-electron chi connectivity index (χ3n) is 1.82. The fourth-order valence-electron chi connectivity index (χ4n) is 1.21. The summed E-state index contributed by atoms with van der Waals surface area (Å²) >= 11 is 0. The van der Waals surface area contributed by atoms with Crippen molar-refractivity contribution in [1.29, 1.82) is 0 Å². The molecular formula is C9H8FN3O2. The zero-order chi connectivity index (χ0) is 10.8. The number of carbonyl (C=O) groups is 1. The van der Waals surface area contributed by atoms with Crippen LogP contribution in [0.15, 0.2) is 18.6 Å². The third-order valence-corrected chi connectivity index (χ3v) is 1.82. The molecular weight excluding hydrogens is 201 g/mol. The predicted molar refractivity (Wildman–Crippen MR) is 48.9 cm³/mol. The Morgan fingerprint density at radius 2 is 2.27 bits per heavy atom. The Hall–Kier alpha value is -1.98. The van der Waals surface area contributed by atoms with Crippen LogP contribution in [0.5, 0.6) is 0 Å². The van der Waals surface area contributed by atoms with Gasteiger partial charge in [-0.2, -0.15) is 0 Å². The SMILES string of the molecule is CCOC(=O)c1cnc2ncc(F)cn12. The summed E-state index contributed by atoms with van der Waals surface area (Å²) in [6.45, 7) is 1.95. The maximum Gasteiger partial charge on any atom is 0.357 e. The molecule has 0 aliphatic carbocycles. The zero-order valence-electron chi connectivity index (χ0n) is 7.98. The fraction of sp³-hybridized carbons (Fsp3) is 0.222. The molecule has 0 aliphatic rings. The maximum absolute atomic E-state index is 12.9. The first-order valence-electron chi connectivity index (χ1n) is 4.38. The van der Waals surface area contributed by atoms with E-state index in [9.17, 15) is 9.18 Å². The van der Waals surface area contributed by atoms with E-state index in [-0.39, 0.29) is 18.1 Å². The smallest absolute Gasteiger partial charge is 0.357 e. The lowest BCUT2D eigenvalue weighted by Gasteiger charge is -2.00. The predicted octanol–water partition coefficient (Wildman–Crippen LogP) is 1.05. The Morgan fingerprint density at radius 3 is 3.00 bits per heavy atom. The molecule has 0 aliphatic heterocycles. The van der Waals surface area contributed by atoms with Crippen LogP contribution in [0.1, 0.15) is 17.4 Å². The first-order chi connectivity index (χ1) is 7.22. The van der Waals surface area contributed by atoms with Crippen LogP contribution in [0.25, 0.3) is 5.78 Å². The Balaban J connectivity index is 2.52. The number of halogens is 1. The standard InChI is InChI=1S/C9H8FN3O2/c1-2-15-8(14)7-4-12-9-11-3-6(10)5-13(7)9/h3-5H,2H2,1H3. The summed E-state index contributed by atoms with van der Waals surface area (Å²) < 4.78 is 18.9. The summed E-state index contributed by atoms with van der Waals surface area (Å²) in [5.41, 5.74) is 0.166. The number of fused-ring (bicyclic) bond motifs is 1. The summed E-state index contributed by atoms with van der Waals surface area (Å²) in [4.78, 5) is 19.0. The molecule has 0 fully saturated rings. The van der Waals surface area contributed by atoms with Crippen LogP contribution in [0.4, 0.5) is 4.39 Å². The number of hydrogen-bond acceptors (Lipinski definition) is 4. The van der Waals surface area contributed by atoms with Crippen LogP contribution in [-0.4, -0.2) is 26.9 Å². The lowest BCUT2D eigenvalue weighted by molar-refractivity contribution is 0.0518. The summed E-state index contributed by atoms with van der Waals surface area (Å²) in [5, 5.41) is 0. The van der Waals surface area contributed by atoms with Crippen molar-refractivity contribution in [3.05, 3.63) is 30.1 Å². The molecule has 0 saturated carbocycles. The van der Waals surface area contributed by atoms with Gasteiger partial charge in [-0.25, -0.2) is 19.2 Å². The van der Waals surface area contributed by atoms with Gasteiger partial charge in [0.25, 0.3) is 0 Å². The van der Waals surface area contributed by atoms with Gasteiger partial charge in [-0.3, -0.25) is 4.40 Å². The molecule has 0 radical (unpaired) electrons. The van der Waals surface area contributed by atoms with E-state index < -0.39 is 11.8 Å². The van der Waals surface area contributed by atoms with E-state index in [1.54, 1.807) is 6.92 Å². The van der Waals surface area contributed by atoms with Crippen LogP contribution in [-0.2, 0) is 4.74 Å².